The van der Waals surface area contributed by atoms with Crippen LogP contribution in [0.3, 0.4) is 0 Å². The minimum absolute atomic E-state index is 0. The molecule has 5 rings (SSSR count). The van der Waals surface area contributed by atoms with E-state index in [0.29, 0.717) is 0 Å². The van der Waals surface area contributed by atoms with E-state index in [-0.39, 0.29) is 24.8 Å². The maximum atomic E-state index is 2.58. The van der Waals surface area contributed by atoms with Gasteiger partial charge in [0.2, 0.25) is 0 Å². The topological polar surface area (TPSA) is 0 Å². The fourth-order valence-electron chi connectivity index (χ4n) is 5.03. The van der Waals surface area contributed by atoms with Gasteiger partial charge >= 0.3 is 165 Å². The zero-order valence-electron chi connectivity index (χ0n) is 16.6. The smallest absolute Gasteiger partial charge is 1.00 e. The van der Waals surface area contributed by atoms with Crippen molar-refractivity contribution in [2.24, 2.45) is 0 Å². The monoisotopic (exact) mass is 486 g/mol. The van der Waals surface area contributed by atoms with Gasteiger partial charge in [0.25, 0.3) is 0 Å². The largest absolute Gasteiger partial charge is 1.00 e. The van der Waals surface area contributed by atoms with Gasteiger partial charge in [-0.3, -0.25) is 0 Å². The third kappa shape index (κ3) is 3.83. The van der Waals surface area contributed by atoms with Gasteiger partial charge in [-0.25, -0.2) is 0 Å². The van der Waals surface area contributed by atoms with Gasteiger partial charge in [0.15, 0.2) is 0 Å². The summed E-state index contributed by atoms with van der Waals surface area (Å²) in [6, 6.07) is 12.1. The zero-order chi connectivity index (χ0) is 17.7. The summed E-state index contributed by atoms with van der Waals surface area (Å²) in [6.45, 7) is 4.53. The Morgan fingerprint density at radius 3 is 2.32 bits per heavy atom. The van der Waals surface area contributed by atoms with Crippen molar-refractivity contribution in [3.8, 4) is 11.1 Å². The van der Waals surface area contributed by atoms with Crippen molar-refractivity contribution in [1.82, 2.24) is 0 Å². The van der Waals surface area contributed by atoms with Crippen LogP contribution in [-0.4, -0.2) is 3.21 Å². The molecule has 0 N–H and O–H groups in total. The zero-order valence-corrected chi connectivity index (χ0v) is 20.6. The maximum Gasteiger partial charge on any atom is -1.00 e. The van der Waals surface area contributed by atoms with Crippen LogP contribution in [0.15, 0.2) is 51.8 Å². The van der Waals surface area contributed by atoms with Gasteiger partial charge in [-0.05, 0) is 0 Å². The van der Waals surface area contributed by atoms with E-state index in [0.717, 1.165) is 6.42 Å². The van der Waals surface area contributed by atoms with E-state index in [1.165, 1.54) is 54.4 Å². The first-order chi connectivity index (χ1) is 12.7. The third-order valence-electron chi connectivity index (χ3n) is 6.24. The van der Waals surface area contributed by atoms with Gasteiger partial charge in [0, 0.05) is 0 Å². The van der Waals surface area contributed by atoms with Crippen molar-refractivity contribution < 1.29 is 46.1 Å². The molecule has 0 heterocycles. The van der Waals surface area contributed by atoms with E-state index in [2.05, 4.69) is 62.4 Å². The molecule has 0 spiro atoms. The molecule has 3 aliphatic rings. The molecule has 0 bridgehead atoms. The van der Waals surface area contributed by atoms with E-state index in [1.807, 2.05) is 6.49 Å². The molecule has 0 unspecified atom stereocenters. The number of rotatable bonds is 2. The molecular formula is C25H26Cl2Zr. The van der Waals surface area contributed by atoms with Crippen LogP contribution in [0.25, 0.3) is 11.1 Å². The number of allylic oxidation sites excluding steroid dienone is 4. The van der Waals surface area contributed by atoms with Crippen molar-refractivity contribution in [2.45, 2.75) is 52.4 Å². The van der Waals surface area contributed by atoms with Gasteiger partial charge < -0.3 is 24.8 Å². The van der Waals surface area contributed by atoms with E-state index >= 15 is 0 Å². The fourth-order valence-corrected chi connectivity index (χ4v) is 13.7. The number of hydrogen-bond donors (Lipinski definition) is 0. The van der Waals surface area contributed by atoms with Crippen molar-refractivity contribution in [3.63, 3.8) is 0 Å². The summed E-state index contributed by atoms with van der Waals surface area (Å²) in [5.41, 5.74) is 9.10. The Labute approximate surface area is 189 Å². The molecule has 3 heteroatoms. The first kappa shape index (κ1) is 21.9. The van der Waals surface area contributed by atoms with Crippen LogP contribution >= 0.6 is 0 Å². The number of aryl methyl sites for hydroxylation is 2. The second-order valence-corrected chi connectivity index (χ2v) is 14.7. The Kier molecular flexibility index (Phi) is 7.02. The van der Waals surface area contributed by atoms with Crippen LogP contribution in [-0.2, 0) is 27.7 Å². The van der Waals surface area contributed by atoms with E-state index in [9.17, 15) is 0 Å². The van der Waals surface area contributed by atoms with Crippen LogP contribution in [0, 0.1) is 13.8 Å². The fraction of sp³-hybridized carbons (Fsp3) is 0.320. The Balaban J connectivity index is 0.00000112. The maximum absolute atomic E-state index is 2.58. The Morgan fingerprint density at radius 2 is 1.61 bits per heavy atom. The minimum Gasteiger partial charge on any atom is -1.00 e. The average Bonchev–Trinajstić information content (AvgIpc) is 3.36. The normalized spacial score (nSPS) is 15.9. The second kappa shape index (κ2) is 8.95. The second-order valence-electron chi connectivity index (χ2n) is 8.19. The summed E-state index contributed by atoms with van der Waals surface area (Å²) in [5.74, 6) is 0. The summed E-state index contributed by atoms with van der Waals surface area (Å²) < 4.78 is 5.58. The van der Waals surface area contributed by atoms with E-state index in [4.69, 9.17) is 0 Å². The van der Waals surface area contributed by atoms with E-state index < -0.39 is 21.3 Å². The summed E-state index contributed by atoms with van der Waals surface area (Å²) in [6.07, 6.45) is 15.2. The minimum atomic E-state index is -1.92. The molecule has 2 aromatic rings. The standard InChI is InChI=1S/C15H13.C5H8.C5H5.2ClH.Zr/c1-10-3-5-12-9-13-6-4-11(2)8-15(13)14(12)7-10;2*1-2-4-5-3-1;;;/h3-5,7-8H,9H2,1-2H3;1-4H2;1-3H,4H2;2*1H;/q;;;;;+2/p-2. The van der Waals surface area contributed by atoms with Crippen LogP contribution in [0.5, 0.6) is 0 Å². The van der Waals surface area contributed by atoms with Crippen molar-refractivity contribution in [3.05, 3.63) is 74.1 Å². The molecule has 3 aliphatic carbocycles. The van der Waals surface area contributed by atoms with Gasteiger partial charge in [-0.15, -0.1) is 0 Å². The molecule has 0 nitrogen and oxygen atoms in total. The third-order valence-corrected chi connectivity index (χ3v) is 14.1. The number of fused-ring (bicyclic) bond motifs is 3. The number of benzene rings is 2. The number of halogens is 2. The van der Waals surface area contributed by atoms with Gasteiger partial charge in [-0.1, -0.05) is 0 Å². The molecule has 1 fully saturated rings. The molecule has 0 saturated heterocycles. The quantitative estimate of drug-likeness (QED) is 0.466. The first-order valence-corrected chi connectivity index (χ1v) is 13.7. The van der Waals surface area contributed by atoms with Crippen LogP contribution < -0.4 is 28.1 Å². The predicted molar refractivity (Wildman–Crippen MR) is 109 cm³/mol. The van der Waals surface area contributed by atoms with Crippen molar-refractivity contribution in [1.29, 1.82) is 0 Å². The summed E-state index contributed by atoms with van der Waals surface area (Å²) in [7, 11) is 0. The van der Waals surface area contributed by atoms with Crippen LogP contribution in [0.1, 0.15) is 54.4 Å². The van der Waals surface area contributed by atoms with Crippen LogP contribution in [0.2, 0.25) is 0 Å². The molecule has 0 aromatic heterocycles. The Hall–Kier alpha value is -0.747. The molecule has 0 atom stereocenters. The molecule has 0 radical (unpaired) electrons. The average molecular weight is 489 g/mol. The van der Waals surface area contributed by atoms with E-state index in [1.54, 1.807) is 14.4 Å². The Bertz CT molecular complexity index is 1000. The predicted octanol–water partition coefficient (Wildman–Crippen LogP) is -0.284. The van der Waals surface area contributed by atoms with Crippen molar-refractivity contribution in [2.75, 3.05) is 0 Å². The molecule has 2 aromatic carbocycles. The van der Waals surface area contributed by atoms with Crippen molar-refractivity contribution >= 4 is 6.48 Å². The Morgan fingerprint density at radius 1 is 0.857 bits per heavy atom. The van der Waals surface area contributed by atoms with Gasteiger partial charge in [0.1, 0.15) is 0 Å². The SMILES string of the molecule is Cc1ccc2c(c1)-c1cc(C)c[c]([Zr+2]([C]3=CC=CC3)=[C]3CCCC3)c1C2.[Cl-].[Cl-]. The molecule has 0 aliphatic heterocycles. The molecule has 0 amide bonds. The number of hydrogen-bond acceptors (Lipinski definition) is 0. The van der Waals surface area contributed by atoms with Gasteiger partial charge in [-0.2, -0.15) is 0 Å². The summed E-state index contributed by atoms with van der Waals surface area (Å²) in [4.78, 5) is 0. The van der Waals surface area contributed by atoms with Gasteiger partial charge in [0.05, 0.1) is 0 Å². The molecule has 144 valence electrons. The molecule has 28 heavy (non-hydrogen) atoms. The molecule has 1 saturated carbocycles. The molecular weight excluding hydrogens is 462 g/mol. The first-order valence-electron chi connectivity index (χ1n) is 10.0. The summed E-state index contributed by atoms with van der Waals surface area (Å²) >= 11 is -1.92. The van der Waals surface area contributed by atoms with Crippen LogP contribution in [0.4, 0.5) is 0 Å². The summed E-state index contributed by atoms with van der Waals surface area (Å²) in [5, 5.41) is 0.